The standard InChI is InChI=1S/C21H25F5N4O3S2/c22-35(23,24,25,26)16-4-2-14(3-5-16)15-6-10-30(11-7-15)20-27-18(29-21(12-31)8-1-9-21)17-19(28-20)33-13-34(17)32/h2-5,15,31H,1,6-13H2,(H,27,28,29). The van der Waals surface area contributed by atoms with Gasteiger partial charge >= 0.3 is 10.2 Å². The van der Waals surface area contributed by atoms with Crippen molar-refractivity contribution in [3.63, 3.8) is 0 Å². The molecule has 1 saturated carbocycles. The van der Waals surface area contributed by atoms with E-state index in [0.717, 1.165) is 31.4 Å². The molecule has 2 aromatic rings. The molecule has 3 heterocycles. The Morgan fingerprint density at radius 1 is 1.11 bits per heavy atom. The number of anilines is 2. The lowest BCUT2D eigenvalue weighted by molar-refractivity contribution is 0.143. The molecule has 1 saturated heterocycles. The van der Waals surface area contributed by atoms with E-state index in [-0.39, 0.29) is 24.3 Å². The molecule has 3 aliphatic rings. The number of halogens is 5. The molecule has 1 unspecified atom stereocenters. The van der Waals surface area contributed by atoms with Gasteiger partial charge in [-0.15, -0.1) is 0 Å². The van der Waals surface area contributed by atoms with Crippen LogP contribution in [0.4, 0.5) is 31.2 Å². The van der Waals surface area contributed by atoms with Crippen molar-refractivity contribution in [2.24, 2.45) is 0 Å². The molecule has 1 aliphatic carbocycles. The molecule has 0 amide bonds. The number of aromatic nitrogens is 2. The van der Waals surface area contributed by atoms with Crippen molar-refractivity contribution < 1.29 is 33.5 Å². The van der Waals surface area contributed by atoms with Crippen LogP contribution in [0, 0.1) is 0 Å². The number of piperidine rings is 1. The van der Waals surface area contributed by atoms with E-state index in [0.29, 0.717) is 60.3 Å². The molecule has 0 bridgehead atoms. The van der Waals surface area contributed by atoms with E-state index >= 15 is 0 Å². The van der Waals surface area contributed by atoms with Crippen molar-refractivity contribution in [2.75, 3.05) is 35.9 Å². The second kappa shape index (κ2) is 7.65. The number of hydrogen-bond acceptors (Lipinski definition) is 7. The van der Waals surface area contributed by atoms with Crippen molar-refractivity contribution in [1.82, 2.24) is 9.97 Å². The molecular formula is C21H25F5N4O3S2. The molecule has 5 rings (SSSR count). The van der Waals surface area contributed by atoms with E-state index in [1.807, 2.05) is 4.90 Å². The zero-order valence-electron chi connectivity index (χ0n) is 18.6. The van der Waals surface area contributed by atoms with Crippen LogP contribution in [0.5, 0.6) is 5.88 Å². The fourth-order valence-electron chi connectivity index (χ4n) is 4.70. The van der Waals surface area contributed by atoms with Crippen LogP contribution in [0.15, 0.2) is 34.1 Å². The SMILES string of the molecule is O=S1COc2nc(N3CCC(c4ccc(S(F)(F)(F)(F)F)cc4)CC3)nc(NC3(CO)CCC3)c21. The summed E-state index contributed by atoms with van der Waals surface area (Å²) in [5.74, 6) is 0.862. The Bertz CT molecular complexity index is 1160. The van der Waals surface area contributed by atoms with Crippen LogP contribution in [-0.2, 0) is 10.8 Å². The maximum Gasteiger partial charge on any atom is 0.310 e. The van der Waals surface area contributed by atoms with Gasteiger partial charge in [0.25, 0.3) is 0 Å². The fraction of sp³-hybridized carbons (Fsp3) is 0.524. The van der Waals surface area contributed by atoms with E-state index in [1.165, 1.54) is 0 Å². The highest BCUT2D eigenvalue weighted by Gasteiger charge is 2.65. The summed E-state index contributed by atoms with van der Waals surface area (Å²) in [5, 5.41) is 13.1. The summed E-state index contributed by atoms with van der Waals surface area (Å²) in [6.07, 6.45) is 3.61. The zero-order valence-corrected chi connectivity index (χ0v) is 20.2. The van der Waals surface area contributed by atoms with Crippen LogP contribution in [0.25, 0.3) is 0 Å². The number of nitrogens with zero attached hydrogens (tertiary/aromatic N) is 3. The Morgan fingerprint density at radius 3 is 2.31 bits per heavy atom. The zero-order chi connectivity index (χ0) is 25.1. The number of fused-ring (bicyclic) bond motifs is 1. The van der Waals surface area contributed by atoms with Gasteiger partial charge in [0.1, 0.15) is 20.6 Å². The number of aliphatic hydroxyl groups is 1. The average molecular weight is 541 g/mol. The molecule has 0 radical (unpaired) electrons. The number of rotatable bonds is 6. The summed E-state index contributed by atoms with van der Waals surface area (Å²) in [5.41, 5.74) is 0.0571. The van der Waals surface area contributed by atoms with E-state index in [2.05, 4.69) is 15.3 Å². The Morgan fingerprint density at radius 2 is 1.77 bits per heavy atom. The lowest BCUT2D eigenvalue weighted by atomic mass is 9.77. The first-order valence-corrected chi connectivity index (χ1v) is 14.5. The van der Waals surface area contributed by atoms with Crippen molar-refractivity contribution in [3.05, 3.63) is 29.8 Å². The van der Waals surface area contributed by atoms with Crippen molar-refractivity contribution >= 4 is 32.8 Å². The van der Waals surface area contributed by atoms with Crippen LogP contribution in [0.1, 0.15) is 43.6 Å². The molecular weight excluding hydrogens is 515 g/mol. The number of benzene rings is 1. The van der Waals surface area contributed by atoms with Crippen LogP contribution in [-0.4, -0.2) is 50.5 Å². The van der Waals surface area contributed by atoms with Crippen molar-refractivity contribution in [3.8, 4) is 5.88 Å². The van der Waals surface area contributed by atoms with Gasteiger partial charge in [0.15, 0.2) is 11.8 Å². The third-order valence-electron chi connectivity index (χ3n) is 6.92. The molecule has 1 atom stereocenters. The van der Waals surface area contributed by atoms with E-state index in [1.54, 1.807) is 0 Å². The minimum absolute atomic E-state index is 0.0225. The maximum absolute atomic E-state index is 13.0. The Hall–Kier alpha value is -2.19. The predicted molar refractivity (Wildman–Crippen MR) is 123 cm³/mol. The van der Waals surface area contributed by atoms with Gasteiger partial charge in [-0.1, -0.05) is 31.6 Å². The van der Waals surface area contributed by atoms with Crippen LogP contribution >= 0.6 is 10.2 Å². The fourth-order valence-corrected chi connectivity index (χ4v) is 6.30. The third-order valence-corrected chi connectivity index (χ3v) is 9.24. The molecule has 1 aromatic heterocycles. The van der Waals surface area contributed by atoms with Crippen LogP contribution in [0.2, 0.25) is 0 Å². The molecule has 35 heavy (non-hydrogen) atoms. The topological polar surface area (TPSA) is 87.6 Å². The molecule has 0 spiro atoms. The smallest absolute Gasteiger partial charge is 0.310 e. The molecule has 7 nitrogen and oxygen atoms in total. The maximum atomic E-state index is 13.0. The lowest BCUT2D eigenvalue weighted by Gasteiger charge is -2.41. The van der Waals surface area contributed by atoms with Gasteiger partial charge in [0.05, 0.1) is 12.1 Å². The second-order valence-electron chi connectivity index (χ2n) is 9.33. The highest BCUT2D eigenvalue weighted by Crippen LogP contribution is 3.02. The Kier molecular flexibility index (Phi) is 5.36. The summed E-state index contributed by atoms with van der Waals surface area (Å²) in [7, 11) is -11.1. The van der Waals surface area contributed by atoms with E-state index in [4.69, 9.17) is 4.74 Å². The normalized spacial score (nSPS) is 24.1. The number of ether oxygens (including phenoxy) is 1. The summed E-state index contributed by atoms with van der Waals surface area (Å²) < 4.78 is 82.9. The van der Waals surface area contributed by atoms with Gasteiger partial charge in [-0.3, -0.25) is 4.21 Å². The minimum Gasteiger partial charge on any atom is -0.463 e. The summed E-state index contributed by atoms with van der Waals surface area (Å²) in [4.78, 5) is 9.43. The molecule has 1 aromatic carbocycles. The highest BCUT2D eigenvalue weighted by molar-refractivity contribution is 8.45. The summed E-state index contributed by atoms with van der Waals surface area (Å²) in [6.45, 7) is 0.891. The largest absolute Gasteiger partial charge is 0.463 e. The first-order valence-electron chi connectivity index (χ1n) is 11.2. The van der Waals surface area contributed by atoms with Gasteiger partial charge in [0.2, 0.25) is 11.8 Å². The van der Waals surface area contributed by atoms with Crippen molar-refractivity contribution in [2.45, 2.75) is 53.4 Å². The number of aliphatic hydroxyl groups excluding tert-OH is 1. The monoisotopic (exact) mass is 540 g/mol. The lowest BCUT2D eigenvalue weighted by Crippen LogP contribution is -2.48. The molecule has 2 N–H and O–H groups in total. The Labute approximate surface area is 201 Å². The van der Waals surface area contributed by atoms with Gasteiger partial charge < -0.3 is 20.1 Å². The van der Waals surface area contributed by atoms with Gasteiger partial charge in [-0.25, -0.2) is 0 Å². The van der Waals surface area contributed by atoms with Gasteiger partial charge in [0, 0.05) is 13.1 Å². The number of hydrogen-bond donors (Lipinski definition) is 2. The third kappa shape index (κ3) is 4.79. The summed E-state index contributed by atoms with van der Waals surface area (Å²) in [6, 6.07) is 3.16. The van der Waals surface area contributed by atoms with E-state index < -0.39 is 31.5 Å². The summed E-state index contributed by atoms with van der Waals surface area (Å²) >= 11 is 0. The van der Waals surface area contributed by atoms with Crippen LogP contribution in [0.3, 0.4) is 0 Å². The average Bonchev–Trinajstić information content (AvgIpc) is 3.16. The first-order chi connectivity index (χ1) is 16.3. The molecule has 14 heteroatoms. The Balaban J connectivity index is 1.32. The first kappa shape index (κ1) is 24.5. The molecule has 194 valence electrons. The highest BCUT2D eigenvalue weighted by atomic mass is 32.5. The van der Waals surface area contributed by atoms with Crippen LogP contribution < -0.4 is 15.0 Å². The molecule has 2 aliphatic heterocycles. The van der Waals surface area contributed by atoms with Gasteiger partial charge in [-0.05, 0) is 55.7 Å². The quantitative estimate of drug-likeness (QED) is 0.481. The van der Waals surface area contributed by atoms with E-state index in [9.17, 15) is 28.7 Å². The van der Waals surface area contributed by atoms with Gasteiger partial charge in [-0.2, -0.15) is 9.97 Å². The van der Waals surface area contributed by atoms with Crippen molar-refractivity contribution in [1.29, 1.82) is 0 Å². The molecule has 2 fully saturated rings. The number of nitrogens with one attached hydrogen (secondary N) is 1. The minimum atomic E-state index is -9.69. The predicted octanol–water partition coefficient (Wildman–Crippen LogP) is 5.30. The second-order valence-corrected chi connectivity index (χ2v) is 13.1.